The molecule has 0 saturated heterocycles. The molecule has 0 amide bonds. The van der Waals surface area contributed by atoms with Gasteiger partial charge >= 0.3 is 0 Å². The first kappa shape index (κ1) is 12.6. The van der Waals surface area contributed by atoms with Gasteiger partial charge in [0, 0.05) is 12.7 Å². The van der Waals surface area contributed by atoms with Gasteiger partial charge in [0.15, 0.2) is 0 Å². The van der Waals surface area contributed by atoms with Crippen LogP contribution in [0.5, 0.6) is 5.88 Å². The van der Waals surface area contributed by atoms with E-state index in [4.69, 9.17) is 16.3 Å². The fourth-order valence-corrected chi connectivity index (χ4v) is 1.91. The largest absolute Gasteiger partial charge is 0.480 e. The summed E-state index contributed by atoms with van der Waals surface area (Å²) < 4.78 is 6.63. The van der Waals surface area contributed by atoms with Crippen molar-refractivity contribution >= 4 is 17.4 Å². The minimum absolute atomic E-state index is 0.246. The topological polar surface area (TPSA) is 57.0 Å². The zero-order chi connectivity index (χ0) is 13.1. The lowest BCUT2D eigenvalue weighted by atomic mass is 10.1. The summed E-state index contributed by atoms with van der Waals surface area (Å²) in [6.45, 7) is 2.46. The molecule has 0 unspecified atom stereocenters. The molecular formula is C12H12ClN3O2. The first-order valence-corrected chi connectivity index (χ1v) is 5.81. The Morgan fingerprint density at radius 2 is 2.33 bits per heavy atom. The molecule has 0 aromatic carbocycles. The zero-order valence-electron chi connectivity index (χ0n) is 10.1. The Balaban J connectivity index is 2.51. The van der Waals surface area contributed by atoms with Crippen molar-refractivity contribution in [2.24, 2.45) is 0 Å². The van der Waals surface area contributed by atoms with E-state index in [2.05, 4.69) is 10.1 Å². The van der Waals surface area contributed by atoms with Crippen molar-refractivity contribution in [2.75, 3.05) is 7.11 Å². The molecule has 0 atom stereocenters. The number of aryl methyl sites for hydroxylation is 1. The summed E-state index contributed by atoms with van der Waals surface area (Å²) >= 11 is 6.00. The number of hydrogen-bond acceptors (Lipinski definition) is 4. The van der Waals surface area contributed by atoms with E-state index in [0.717, 1.165) is 0 Å². The molecule has 94 valence electrons. The third-order valence-electron chi connectivity index (χ3n) is 2.52. The van der Waals surface area contributed by atoms with Crippen LogP contribution in [0.1, 0.15) is 23.0 Å². The van der Waals surface area contributed by atoms with E-state index in [-0.39, 0.29) is 11.7 Å². The van der Waals surface area contributed by atoms with Crippen molar-refractivity contribution in [3.63, 3.8) is 0 Å². The summed E-state index contributed by atoms with van der Waals surface area (Å²) in [5.74, 6) is 0.0340. The lowest BCUT2D eigenvalue weighted by Crippen LogP contribution is -2.12. The Morgan fingerprint density at radius 3 is 3.00 bits per heavy atom. The number of rotatable bonds is 4. The molecule has 0 aliphatic rings. The summed E-state index contributed by atoms with van der Waals surface area (Å²) in [4.78, 5) is 16.4. The maximum atomic E-state index is 12.4. The predicted molar refractivity (Wildman–Crippen MR) is 67.1 cm³/mol. The number of nitrogens with zero attached hydrogens (tertiary/aromatic N) is 3. The average molecular weight is 266 g/mol. The highest BCUT2D eigenvalue weighted by atomic mass is 35.5. The molecule has 0 bridgehead atoms. The highest BCUT2D eigenvalue weighted by Crippen LogP contribution is 2.23. The van der Waals surface area contributed by atoms with Gasteiger partial charge in [-0.25, -0.2) is 4.98 Å². The molecule has 6 heteroatoms. The minimum atomic E-state index is -0.246. The van der Waals surface area contributed by atoms with Crippen LogP contribution in [0.3, 0.4) is 0 Å². The van der Waals surface area contributed by atoms with Crippen LogP contribution in [0, 0.1) is 0 Å². The highest BCUT2D eigenvalue weighted by molar-refractivity contribution is 6.34. The van der Waals surface area contributed by atoms with E-state index in [1.165, 1.54) is 13.3 Å². The lowest BCUT2D eigenvalue weighted by Gasteiger charge is -2.07. The number of carbonyl (C=O) groups is 1. The van der Waals surface area contributed by atoms with Crippen LogP contribution in [-0.4, -0.2) is 27.7 Å². The monoisotopic (exact) mass is 265 g/mol. The van der Waals surface area contributed by atoms with Gasteiger partial charge in [0.1, 0.15) is 5.69 Å². The average Bonchev–Trinajstić information content (AvgIpc) is 2.79. The number of aromatic nitrogens is 3. The van der Waals surface area contributed by atoms with Crippen LogP contribution >= 0.6 is 11.6 Å². The van der Waals surface area contributed by atoms with E-state index < -0.39 is 0 Å². The lowest BCUT2D eigenvalue weighted by molar-refractivity contribution is 0.102. The van der Waals surface area contributed by atoms with Gasteiger partial charge < -0.3 is 4.74 Å². The van der Waals surface area contributed by atoms with E-state index in [9.17, 15) is 4.79 Å². The number of pyridine rings is 1. The molecule has 2 rings (SSSR count). The predicted octanol–water partition coefficient (Wildman–Crippen LogP) is 2.19. The second-order valence-corrected chi connectivity index (χ2v) is 3.95. The summed E-state index contributed by atoms with van der Waals surface area (Å²) in [6, 6.07) is 3.33. The number of halogens is 1. The molecular weight excluding hydrogens is 254 g/mol. The number of ketones is 1. The van der Waals surface area contributed by atoms with Crippen LogP contribution in [-0.2, 0) is 6.54 Å². The first-order valence-electron chi connectivity index (χ1n) is 5.44. The molecule has 2 aromatic heterocycles. The van der Waals surface area contributed by atoms with Crippen molar-refractivity contribution in [3.05, 3.63) is 40.8 Å². The van der Waals surface area contributed by atoms with Gasteiger partial charge in [0.2, 0.25) is 11.7 Å². The molecule has 0 N–H and O–H groups in total. The quantitative estimate of drug-likeness (QED) is 0.795. The Hall–Kier alpha value is -1.88. The van der Waals surface area contributed by atoms with E-state index in [1.807, 2.05) is 6.92 Å². The molecule has 0 fully saturated rings. The van der Waals surface area contributed by atoms with Crippen LogP contribution in [0.25, 0.3) is 0 Å². The Morgan fingerprint density at radius 1 is 1.56 bits per heavy atom. The zero-order valence-corrected chi connectivity index (χ0v) is 10.8. The standard InChI is InChI=1S/C12H12ClN3O2/c1-3-16-10(9(13)7-15-16)11(17)8-5-4-6-14-12(8)18-2/h4-7H,3H2,1-2H3. The van der Waals surface area contributed by atoms with Crippen LogP contribution < -0.4 is 4.74 Å². The molecule has 0 aliphatic heterocycles. The van der Waals surface area contributed by atoms with Gasteiger partial charge in [-0.3, -0.25) is 9.48 Å². The van der Waals surface area contributed by atoms with Crippen LogP contribution in [0.15, 0.2) is 24.5 Å². The van der Waals surface area contributed by atoms with E-state index in [0.29, 0.717) is 22.8 Å². The fourth-order valence-electron chi connectivity index (χ4n) is 1.68. The third-order valence-corrected chi connectivity index (χ3v) is 2.80. The van der Waals surface area contributed by atoms with Crippen molar-refractivity contribution in [3.8, 4) is 5.88 Å². The van der Waals surface area contributed by atoms with Gasteiger partial charge in [-0.05, 0) is 19.1 Å². The molecule has 2 aromatic rings. The first-order chi connectivity index (χ1) is 8.69. The van der Waals surface area contributed by atoms with Crippen molar-refractivity contribution in [1.29, 1.82) is 0 Å². The minimum Gasteiger partial charge on any atom is -0.480 e. The summed E-state index contributed by atoms with van der Waals surface area (Å²) in [7, 11) is 1.47. The van der Waals surface area contributed by atoms with Crippen molar-refractivity contribution in [1.82, 2.24) is 14.8 Å². The van der Waals surface area contributed by atoms with Crippen molar-refractivity contribution < 1.29 is 9.53 Å². The SMILES string of the molecule is CCn1ncc(Cl)c1C(=O)c1cccnc1OC. The van der Waals surface area contributed by atoms with Gasteiger partial charge in [-0.2, -0.15) is 5.10 Å². The smallest absolute Gasteiger partial charge is 0.224 e. The molecule has 0 spiro atoms. The van der Waals surface area contributed by atoms with Crippen molar-refractivity contribution in [2.45, 2.75) is 13.5 Å². The van der Waals surface area contributed by atoms with Gasteiger partial charge in [-0.15, -0.1) is 0 Å². The molecule has 2 heterocycles. The maximum absolute atomic E-state index is 12.4. The summed E-state index contributed by atoms with van der Waals surface area (Å²) in [5, 5.41) is 4.37. The second-order valence-electron chi connectivity index (χ2n) is 3.55. The Kier molecular flexibility index (Phi) is 3.62. The third kappa shape index (κ3) is 2.09. The highest BCUT2D eigenvalue weighted by Gasteiger charge is 2.22. The molecule has 0 aliphatic carbocycles. The second kappa shape index (κ2) is 5.18. The molecule has 18 heavy (non-hydrogen) atoms. The molecule has 0 saturated carbocycles. The van der Waals surface area contributed by atoms with E-state index >= 15 is 0 Å². The molecule has 0 radical (unpaired) electrons. The number of methoxy groups -OCH3 is 1. The van der Waals surface area contributed by atoms with Crippen LogP contribution in [0.4, 0.5) is 0 Å². The normalized spacial score (nSPS) is 10.4. The van der Waals surface area contributed by atoms with Gasteiger partial charge in [-0.1, -0.05) is 11.6 Å². The fraction of sp³-hybridized carbons (Fsp3) is 0.250. The van der Waals surface area contributed by atoms with Gasteiger partial charge in [0.25, 0.3) is 0 Å². The Bertz CT molecular complexity index is 580. The maximum Gasteiger partial charge on any atom is 0.224 e. The molecule has 5 nitrogen and oxygen atoms in total. The van der Waals surface area contributed by atoms with E-state index in [1.54, 1.807) is 23.0 Å². The Labute approximate surface area is 109 Å². The summed E-state index contributed by atoms with van der Waals surface area (Å²) in [5.41, 5.74) is 0.725. The number of carbonyl (C=O) groups excluding carboxylic acids is 1. The number of ether oxygens (including phenoxy) is 1. The van der Waals surface area contributed by atoms with Gasteiger partial charge in [0.05, 0.1) is 23.9 Å². The van der Waals surface area contributed by atoms with Crippen LogP contribution in [0.2, 0.25) is 5.02 Å². The summed E-state index contributed by atoms with van der Waals surface area (Å²) in [6.07, 6.45) is 3.02. The number of hydrogen-bond donors (Lipinski definition) is 0.